The molecule has 7 nitrogen and oxygen atoms in total. The maximum absolute atomic E-state index is 12.6. The molecule has 0 aliphatic carbocycles. The number of carbonyl (C=O) groups excluding carboxylic acids is 2. The summed E-state index contributed by atoms with van der Waals surface area (Å²) in [7, 11) is 0. The number of benzene rings is 3. The molecule has 0 fully saturated rings. The van der Waals surface area contributed by atoms with E-state index in [4.69, 9.17) is 5.11 Å². The van der Waals surface area contributed by atoms with Crippen molar-refractivity contribution in [3.8, 4) is 0 Å². The summed E-state index contributed by atoms with van der Waals surface area (Å²) in [5.41, 5.74) is 3.74. The molecule has 1 aliphatic rings. The molecule has 2 aromatic heterocycles. The highest BCUT2D eigenvalue weighted by Crippen LogP contribution is 2.40. The second kappa shape index (κ2) is 12.5. The largest absolute Gasteiger partial charge is 0.396 e. The van der Waals surface area contributed by atoms with E-state index in [9.17, 15) is 9.59 Å². The highest BCUT2D eigenvalue weighted by molar-refractivity contribution is 5.95. The summed E-state index contributed by atoms with van der Waals surface area (Å²) in [5.74, 6) is 0.162. The Hall–Kier alpha value is -4.62. The number of aliphatic hydroxyl groups is 1. The van der Waals surface area contributed by atoms with Crippen LogP contribution in [-0.2, 0) is 12.1 Å². The minimum absolute atomic E-state index is 0.00552. The highest BCUT2D eigenvalue weighted by Gasteiger charge is 2.38. The van der Waals surface area contributed by atoms with Gasteiger partial charge in [0.05, 0.1) is 18.9 Å². The molecule has 0 atom stereocenters. The quantitative estimate of drug-likeness (QED) is 0.209. The van der Waals surface area contributed by atoms with Gasteiger partial charge < -0.3 is 14.2 Å². The van der Waals surface area contributed by atoms with Crippen molar-refractivity contribution < 1.29 is 14.7 Å². The van der Waals surface area contributed by atoms with Gasteiger partial charge in [0.15, 0.2) is 11.6 Å². The number of Topliss-reactive ketones (excluding diaryl/α,β-unsaturated/α-hetero) is 2. The fourth-order valence-corrected chi connectivity index (χ4v) is 5.27. The fourth-order valence-electron chi connectivity index (χ4n) is 5.27. The van der Waals surface area contributed by atoms with Crippen LogP contribution in [0, 0.1) is 0 Å². The lowest BCUT2D eigenvalue weighted by molar-refractivity contribution is 0.0951. The van der Waals surface area contributed by atoms with Gasteiger partial charge in [-0.05, 0) is 29.5 Å². The molecule has 0 saturated heterocycles. The predicted molar refractivity (Wildman–Crippen MR) is 153 cm³/mol. The van der Waals surface area contributed by atoms with Crippen molar-refractivity contribution in [1.82, 2.24) is 19.1 Å². The maximum atomic E-state index is 12.6. The zero-order valence-electron chi connectivity index (χ0n) is 22.3. The van der Waals surface area contributed by atoms with Crippen LogP contribution in [0.25, 0.3) is 0 Å². The molecule has 5 aromatic rings. The van der Waals surface area contributed by atoms with Crippen molar-refractivity contribution in [2.45, 2.75) is 37.8 Å². The van der Waals surface area contributed by atoms with Crippen molar-refractivity contribution in [2.75, 3.05) is 6.61 Å². The molecule has 1 N–H and O–H groups in total. The lowest BCUT2D eigenvalue weighted by Gasteiger charge is -2.37. The number of imidazole rings is 2. The lowest BCUT2D eigenvalue weighted by Crippen LogP contribution is -2.37. The number of aliphatic hydroxyl groups excluding tert-OH is 1. The molecule has 0 amide bonds. The van der Waals surface area contributed by atoms with Gasteiger partial charge in [0, 0.05) is 32.2 Å². The molecular weight excluding hydrogens is 500 g/mol. The van der Waals surface area contributed by atoms with E-state index in [1.54, 1.807) is 18.9 Å². The van der Waals surface area contributed by atoms with E-state index >= 15 is 0 Å². The third kappa shape index (κ3) is 5.42. The van der Waals surface area contributed by atoms with Crippen molar-refractivity contribution in [2.24, 2.45) is 0 Å². The van der Waals surface area contributed by atoms with Crippen molar-refractivity contribution in [1.29, 1.82) is 0 Å². The van der Waals surface area contributed by atoms with Crippen LogP contribution in [0.5, 0.6) is 0 Å². The number of hydrogen-bond acceptors (Lipinski definition) is 5. The topological polar surface area (TPSA) is 90.0 Å². The average molecular weight is 533 g/mol. The molecule has 40 heavy (non-hydrogen) atoms. The maximum Gasteiger partial charge on any atom is 0.182 e. The Morgan fingerprint density at radius 1 is 0.850 bits per heavy atom. The molecule has 7 heteroatoms. The summed E-state index contributed by atoms with van der Waals surface area (Å²) in [6.45, 7) is 0.940. The first-order chi connectivity index (χ1) is 19.6. The summed E-state index contributed by atoms with van der Waals surface area (Å²) in [4.78, 5) is 32.0. The van der Waals surface area contributed by atoms with Gasteiger partial charge in [0.25, 0.3) is 0 Å². The number of fused-ring (bicyclic) bond motifs is 1. The molecule has 1 aliphatic heterocycles. The van der Waals surface area contributed by atoms with Crippen molar-refractivity contribution >= 4 is 11.6 Å². The number of hydrogen-bond donors (Lipinski definition) is 1. The molecule has 0 unspecified atom stereocenters. The Labute approximate surface area is 233 Å². The Morgan fingerprint density at radius 2 is 1.43 bits per heavy atom. The molecule has 6 rings (SSSR count). The second-order valence-corrected chi connectivity index (χ2v) is 9.72. The van der Waals surface area contributed by atoms with E-state index in [-0.39, 0.29) is 24.6 Å². The van der Waals surface area contributed by atoms with Gasteiger partial charge in [-0.15, -0.1) is 0 Å². The van der Waals surface area contributed by atoms with E-state index in [2.05, 4.69) is 46.4 Å². The number of nitrogens with zero attached hydrogens (tertiary/aromatic N) is 4. The van der Waals surface area contributed by atoms with Gasteiger partial charge in [-0.25, -0.2) is 9.97 Å². The Morgan fingerprint density at radius 3 is 1.95 bits per heavy atom. The van der Waals surface area contributed by atoms with Gasteiger partial charge in [-0.1, -0.05) is 91.0 Å². The summed E-state index contributed by atoms with van der Waals surface area (Å²) >= 11 is 0. The van der Waals surface area contributed by atoms with E-state index in [1.165, 1.54) is 0 Å². The summed E-state index contributed by atoms with van der Waals surface area (Å²) < 4.78 is 3.94. The van der Waals surface area contributed by atoms with E-state index in [1.807, 2.05) is 69.9 Å². The average Bonchev–Trinajstić information content (AvgIpc) is 3.70. The smallest absolute Gasteiger partial charge is 0.182 e. The zero-order chi connectivity index (χ0) is 27.8. The molecule has 202 valence electrons. The molecule has 0 saturated carbocycles. The van der Waals surface area contributed by atoms with Crippen LogP contribution in [0.15, 0.2) is 116 Å². The van der Waals surface area contributed by atoms with Gasteiger partial charge in [0.1, 0.15) is 16.9 Å². The minimum atomic E-state index is -0.674. The lowest BCUT2D eigenvalue weighted by atomic mass is 9.77. The Bertz CT molecular complexity index is 1450. The van der Waals surface area contributed by atoms with Crippen LogP contribution in [0.2, 0.25) is 0 Å². The number of ketones is 2. The van der Waals surface area contributed by atoms with E-state index in [0.29, 0.717) is 18.5 Å². The van der Waals surface area contributed by atoms with Crippen LogP contribution < -0.4 is 0 Å². The van der Waals surface area contributed by atoms with Crippen LogP contribution >= 0.6 is 0 Å². The molecule has 0 radical (unpaired) electrons. The Kier molecular flexibility index (Phi) is 8.42. The predicted octanol–water partition coefficient (Wildman–Crippen LogP) is 5.54. The number of carbonyl (C=O) groups is 2. The monoisotopic (exact) mass is 532 g/mol. The minimum Gasteiger partial charge on any atom is -0.396 e. The van der Waals surface area contributed by atoms with Crippen LogP contribution in [0.1, 0.15) is 63.4 Å². The van der Waals surface area contributed by atoms with Crippen LogP contribution in [0.3, 0.4) is 0 Å². The standard InChI is InChI=1S/C26H24N2O2.C7H8N2O/c29-18-10-17-25(30)24-19-28(20-27-24)26(21-11-4-1-5-12-21,22-13-6-2-7-14-22)23-15-8-3-9-16-23;10-7-2-1-3-9-5-8-4-6(7)9/h1-9,11-16,19-20,29H,10,17-18H2;4-5H,1-3H2. The first-order valence-electron chi connectivity index (χ1n) is 13.5. The van der Waals surface area contributed by atoms with Gasteiger partial charge >= 0.3 is 0 Å². The van der Waals surface area contributed by atoms with Crippen LogP contribution in [0.4, 0.5) is 0 Å². The van der Waals surface area contributed by atoms with Gasteiger partial charge in [0.2, 0.25) is 0 Å². The summed E-state index contributed by atoms with van der Waals surface area (Å²) in [6, 6.07) is 30.8. The third-order valence-corrected chi connectivity index (χ3v) is 7.19. The van der Waals surface area contributed by atoms with E-state index in [0.717, 1.165) is 35.3 Å². The molecule has 3 aromatic carbocycles. The summed E-state index contributed by atoms with van der Waals surface area (Å²) in [5, 5.41) is 9.06. The molecular formula is C33H32N4O3. The van der Waals surface area contributed by atoms with Crippen LogP contribution in [-0.4, -0.2) is 42.4 Å². The first-order valence-corrected chi connectivity index (χ1v) is 13.5. The number of aromatic nitrogens is 4. The SMILES string of the molecule is O=C(CCCO)c1cn(C(c2ccccc2)(c2ccccc2)c2ccccc2)cn1.O=C1CCCn2cncc21. The summed E-state index contributed by atoms with van der Waals surface area (Å²) in [6.07, 6.45) is 9.28. The molecule has 0 bridgehead atoms. The molecule has 0 spiro atoms. The normalized spacial score (nSPS) is 12.8. The fraction of sp³-hybridized carbons (Fsp3) is 0.212. The van der Waals surface area contributed by atoms with Gasteiger partial charge in [-0.2, -0.15) is 0 Å². The zero-order valence-corrected chi connectivity index (χ0v) is 22.3. The van der Waals surface area contributed by atoms with Gasteiger partial charge in [-0.3, -0.25) is 9.59 Å². The second-order valence-electron chi connectivity index (χ2n) is 9.72. The van der Waals surface area contributed by atoms with E-state index < -0.39 is 5.54 Å². The Balaban J connectivity index is 0.000000269. The number of rotatable bonds is 8. The van der Waals surface area contributed by atoms with Crippen molar-refractivity contribution in [3.63, 3.8) is 0 Å². The number of aryl methyl sites for hydroxylation is 1. The van der Waals surface area contributed by atoms with Crippen molar-refractivity contribution in [3.05, 3.63) is 144 Å². The third-order valence-electron chi connectivity index (χ3n) is 7.19. The highest BCUT2D eigenvalue weighted by atomic mass is 16.3. The first kappa shape index (κ1) is 27.0. The molecule has 3 heterocycles.